The topological polar surface area (TPSA) is 74.5 Å². The first kappa shape index (κ1) is 18.5. The number of nitrogens with zero attached hydrogens (tertiary/aromatic N) is 2. The molecule has 7 heteroatoms. The fraction of sp³-hybridized carbons (Fsp3) is 0.286. The van der Waals surface area contributed by atoms with Gasteiger partial charge in [-0.05, 0) is 56.2 Å². The van der Waals surface area contributed by atoms with Gasteiger partial charge in [-0.2, -0.15) is 0 Å². The Hall–Kier alpha value is -2.86. The molecule has 0 bridgehead atoms. The van der Waals surface area contributed by atoms with Gasteiger partial charge in [-0.15, -0.1) is 10.2 Å². The standard InChI is InChI=1S/C21H19ClN2O4/c1-12-3-5-14(6-4-12)20-24-23-19(28-20)13(2)27-21(25)16-9-15-10-17(22)7-8-18(15)26-11-16/h3-8,10,13,16H,9,11H2,1-2H3/t13-,16-/m0/s1. The molecule has 28 heavy (non-hydrogen) atoms. The predicted octanol–water partition coefficient (Wildman–Crippen LogP) is 4.55. The van der Waals surface area contributed by atoms with Crippen LogP contribution >= 0.6 is 11.6 Å². The number of carbonyl (C=O) groups excluding carboxylic acids is 1. The molecule has 2 atom stereocenters. The lowest BCUT2D eigenvalue weighted by Gasteiger charge is -2.24. The van der Waals surface area contributed by atoms with Crippen molar-refractivity contribution in [2.45, 2.75) is 26.4 Å². The van der Waals surface area contributed by atoms with Crippen LogP contribution in [-0.4, -0.2) is 22.8 Å². The highest BCUT2D eigenvalue weighted by Gasteiger charge is 2.30. The van der Waals surface area contributed by atoms with E-state index in [2.05, 4.69) is 10.2 Å². The molecule has 2 heterocycles. The van der Waals surface area contributed by atoms with Crippen LogP contribution in [0.2, 0.25) is 5.02 Å². The molecule has 1 aromatic heterocycles. The first-order chi connectivity index (χ1) is 13.5. The number of benzene rings is 2. The van der Waals surface area contributed by atoms with Gasteiger partial charge in [-0.1, -0.05) is 29.3 Å². The van der Waals surface area contributed by atoms with Gasteiger partial charge in [0.25, 0.3) is 5.89 Å². The number of rotatable bonds is 4. The van der Waals surface area contributed by atoms with Crippen LogP contribution in [-0.2, 0) is 16.0 Å². The number of ether oxygens (including phenoxy) is 2. The van der Waals surface area contributed by atoms with Crippen LogP contribution in [0.5, 0.6) is 5.75 Å². The van der Waals surface area contributed by atoms with Crippen LogP contribution in [0.1, 0.15) is 30.0 Å². The molecule has 0 radical (unpaired) electrons. The van der Waals surface area contributed by atoms with E-state index in [0.29, 0.717) is 17.3 Å². The fourth-order valence-corrected chi connectivity index (χ4v) is 3.24. The molecular weight excluding hydrogens is 380 g/mol. The average molecular weight is 399 g/mol. The number of fused-ring (bicyclic) bond motifs is 1. The number of hydrogen-bond donors (Lipinski definition) is 0. The third-order valence-corrected chi connectivity index (χ3v) is 4.88. The minimum absolute atomic E-state index is 0.254. The SMILES string of the molecule is Cc1ccc(-c2nnc([C@H](C)OC(=O)[C@@H]3COc4ccc(Cl)cc4C3)o2)cc1. The molecule has 0 aliphatic carbocycles. The Balaban J connectivity index is 1.42. The average Bonchev–Trinajstić information content (AvgIpc) is 3.18. The van der Waals surface area contributed by atoms with Crippen LogP contribution < -0.4 is 4.74 Å². The van der Waals surface area contributed by atoms with Crippen LogP contribution in [0.4, 0.5) is 0 Å². The van der Waals surface area contributed by atoms with E-state index in [9.17, 15) is 4.79 Å². The first-order valence-corrected chi connectivity index (χ1v) is 9.39. The lowest BCUT2D eigenvalue weighted by atomic mass is 9.97. The van der Waals surface area contributed by atoms with E-state index in [-0.39, 0.29) is 18.5 Å². The normalized spacial score (nSPS) is 16.8. The Bertz CT molecular complexity index is 1000. The predicted molar refractivity (Wildman–Crippen MR) is 103 cm³/mol. The van der Waals surface area contributed by atoms with Crippen molar-refractivity contribution in [1.82, 2.24) is 10.2 Å². The van der Waals surface area contributed by atoms with Gasteiger partial charge in [0.15, 0.2) is 6.10 Å². The molecule has 0 unspecified atom stereocenters. The summed E-state index contributed by atoms with van der Waals surface area (Å²) in [7, 11) is 0. The third kappa shape index (κ3) is 3.87. The summed E-state index contributed by atoms with van der Waals surface area (Å²) >= 11 is 6.03. The van der Waals surface area contributed by atoms with Gasteiger partial charge >= 0.3 is 5.97 Å². The lowest BCUT2D eigenvalue weighted by molar-refractivity contribution is -0.156. The maximum absolute atomic E-state index is 12.6. The number of esters is 1. The van der Waals surface area contributed by atoms with Gasteiger partial charge in [0, 0.05) is 10.6 Å². The second-order valence-electron chi connectivity index (χ2n) is 6.85. The third-order valence-electron chi connectivity index (χ3n) is 4.64. The number of aromatic nitrogens is 2. The van der Waals surface area contributed by atoms with E-state index in [1.807, 2.05) is 43.3 Å². The minimum atomic E-state index is -0.653. The highest BCUT2D eigenvalue weighted by atomic mass is 35.5. The van der Waals surface area contributed by atoms with E-state index in [1.54, 1.807) is 13.0 Å². The monoisotopic (exact) mass is 398 g/mol. The van der Waals surface area contributed by atoms with Crippen LogP contribution in [0.25, 0.3) is 11.5 Å². The highest BCUT2D eigenvalue weighted by Crippen LogP contribution is 2.31. The van der Waals surface area contributed by atoms with Gasteiger partial charge in [0.05, 0.1) is 5.92 Å². The van der Waals surface area contributed by atoms with Crippen molar-refractivity contribution in [3.05, 3.63) is 64.5 Å². The summed E-state index contributed by atoms with van der Waals surface area (Å²) in [6.07, 6.45) is -0.139. The summed E-state index contributed by atoms with van der Waals surface area (Å²) in [4.78, 5) is 12.6. The molecule has 2 aromatic carbocycles. The quantitative estimate of drug-likeness (QED) is 0.600. The zero-order valence-corrected chi connectivity index (χ0v) is 16.3. The Morgan fingerprint density at radius 3 is 2.79 bits per heavy atom. The van der Waals surface area contributed by atoms with Gasteiger partial charge < -0.3 is 13.9 Å². The highest BCUT2D eigenvalue weighted by molar-refractivity contribution is 6.30. The Kier molecular flexibility index (Phi) is 5.05. The Morgan fingerprint density at radius 2 is 2.00 bits per heavy atom. The van der Waals surface area contributed by atoms with Crippen LogP contribution in [0.15, 0.2) is 46.9 Å². The van der Waals surface area contributed by atoms with Crippen molar-refractivity contribution < 1.29 is 18.7 Å². The second-order valence-corrected chi connectivity index (χ2v) is 7.29. The zero-order chi connectivity index (χ0) is 19.7. The van der Waals surface area contributed by atoms with E-state index >= 15 is 0 Å². The summed E-state index contributed by atoms with van der Waals surface area (Å²) < 4.78 is 16.9. The summed E-state index contributed by atoms with van der Waals surface area (Å²) in [5.74, 6) is 0.619. The molecule has 0 saturated carbocycles. The van der Waals surface area contributed by atoms with Crippen molar-refractivity contribution in [1.29, 1.82) is 0 Å². The Labute approximate surface area is 167 Å². The first-order valence-electron chi connectivity index (χ1n) is 9.02. The second kappa shape index (κ2) is 7.64. The van der Waals surface area contributed by atoms with Crippen molar-refractivity contribution >= 4 is 17.6 Å². The summed E-state index contributed by atoms with van der Waals surface area (Å²) in [5, 5.41) is 8.68. The summed E-state index contributed by atoms with van der Waals surface area (Å²) in [6, 6.07) is 13.1. The van der Waals surface area contributed by atoms with Gasteiger partial charge in [-0.3, -0.25) is 4.79 Å². The lowest BCUT2D eigenvalue weighted by Crippen LogP contribution is -2.30. The van der Waals surface area contributed by atoms with Crippen molar-refractivity contribution in [3.63, 3.8) is 0 Å². The maximum atomic E-state index is 12.6. The number of aryl methyl sites for hydroxylation is 1. The van der Waals surface area contributed by atoms with E-state index in [1.165, 1.54) is 0 Å². The molecule has 0 fully saturated rings. The number of carbonyl (C=O) groups is 1. The number of halogens is 1. The molecule has 0 saturated heterocycles. The minimum Gasteiger partial charge on any atom is -0.492 e. The molecule has 144 valence electrons. The van der Waals surface area contributed by atoms with E-state index in [4.69, 9.17) is 25.5 Å². The molecule has 1 aliphatic heterocycles. The molecule has 6 nitrogen and oxygen atoms in total. The Morgan fingerprint density at radius 1 is 1.21 bits per heavy atom. The molecule has 0 spiro atoms. The van der Waals surface area contributed by atoms with E-state index in [0.717, 1.165) is 22.4 Å². The summed E-state index contributed by atoms with van der Waals surface area (Å²) in [6.45, 7) is 3.98. The van der Waals surface area contributed by atoms with Crippen molar-refractivity contribution in [3.8, 4) is 17.2 Å². The van der Waals surface area contributed by atoms with Crippen molar-refractivity contribution in [2.24, 2.45) is 5.92 Å². The van der Waals surface area contributed by atoms with Crippen molar-refractivity contribution in [2.75, 3.05) is 6.61 Å². The van der Waals surface area contributed by atoms with Crippen LogP contribution in [0.3, 0.4) is 0 Å². The number of hydrogen-bond acceptors (Lipinski definition) is 6. The zero-order valence-electron chi connectivity index (χ0n) is 15.5. The van der Waals surface area contributed by atoms with Gasteiger partial charge in [0.1, 0.15) is 12.4 Å². The smallest absolute Gasteiger partial charge is 0.313 e. The van der Waals surface area contributed by atoms with Gasteiger partial charge in [-0.25, -0.2) is 0 Å². The molecule has 0 N–H and O–H groups in total. The fourth-order valence-electron chi connectivity index (χ4n) is 3.05. The molecule has 4 rings (SSSR count). The maximum Gasteiger partial charge on any atom is 0.313 e. The van der Waals surface area contributed by atoms with Crippen LogP contribution in [0, 0.1) is 12.8 Å². The summed E-state index contributed by atoms with van der Waals surface area (Å²) in [5.41, 5.74) is 2.85. The largest absolute Gasteiger partial charge is 0.492 e. The molecular formula is C21H19ClN2O4. The molecule has 1 aliphatic rings. The van der Waals surface area contributed by atoms with Gasteiger partial charge in [0.2, 0.25) is 5.89 Å². The van der Waals surface area contributed by atoms with E-state index < -0.39 is 12.0 Å². The molecule has 3 aromatic rings. The molecule has 0 amide bonds.